The summed E-state index contributed by atoms with van der Waals surface area (Å²) in [6.07, 6.45) is 5.25. The Morgan fingerprint density at radius 2 is 2.21 bits per heavy atom. The predicted molar refractivity (Wildman–Crippen MR) is 56.2 cm³/mol. The second-order valence-electron chi connectivity index (χ2n) is 2.87. The minimum Gasteiger partial charge on any atom is -0.399 e. The SMILES string of the molecule is Nc1cccc(/C=C/c2ncn[nH]2)c1. The maximum atomic E-state index is 5.64. The molecule has 0 aliphatic rings. The molecule has 4 heteroatoms. The van der Waals surface area contributed by atoms with Crippen LogP contribution in [0.5, 0.6) is 0 Å². The summed E-state index contributed by atoms with van der Waals surface area (Å²) in [5, 5.41) is 6.48. The van der Waals surface area contributed by atoms with Crippen LogP contribution in [0.1, 0.15) is 11.4 Å². The van der Waals surface area contributed by atoms with Crippen molar-refractivity contribution < 1.29 is 0 Å². The molecule has 0 bridgehead atoms. The zero-order valence-corrected chi connectivity index (χ0v) is 7.51. The van der Waals surface area contributed by atoms with Gasteiger partial charge in [0.25, 0.3) is 0 Å². The molecule has 14 heavy (non-hydrogen) atoms. The molecule has 1 heterocycles. The number of nitrogen functional groups attached to an aromatic ring is 1. The molecular formula is C10H10N4. The fourth-order valence-corrected chi connectivity index (χ4v) is 1.13. The van der Waals surface area contributed by atoms with Crippen LogP contribution in [0.15, 0.2) is 30.6 Å². The van der Waals surface area contributed by atoms with Gasteiger partial charge in [0.15, 0.2) is 0 Å². The molecule has 4 nitrogen and oxygen atoms in total. The third-order valence-corrected chi connectivity index (χ3v) is 1.78. The number of nitrogens with zero attached hydrogens (tertiary/aromatic N) is 2. The van der Waals surface area contributed by atoms with Crippen molar-refractivity contribution in [3.05, 3.63) is 42.0 Å². The van der Waals surface area contributed by atoms with Crippen molar-refractivity contribution in [1.82, 2.24) is 15.2 Å². The van der Waals surface area contributed by atoms with Gasteiger partial charge in [-0.3, -0.25) is 5.10 Å². The van der Waals surface area contributed by atoms with Crippen molar-refractivity contribution in [2.75, 3.05) is 5.73 Å². The molecule has 2 aromatic rings. The first-order valence-corrected chi connectivity index (χ1v) is 4.23. The second kappa shape index (κ2) is 3.74. The molecule has 0 aliphatic heterocycles. The van der Waals surface area contributed by atoms with Gasteiger partial charge >= 0.3 is 0 Å². The maximum absolute atomic E-state index is 5.64. The number of H-pyrrole nitrogens is 1. The maximum Gasteiger partial charge on any atom is 0.148 e. The average Bonchev–Trinajstić information content (AvgIpc) is 2.67. The second-order valence-corrected chi connectivity index (χ2v) is 2.87. The number of nitrogens with two attached hydrogens (primary N) is 1. The molecule has 3 N–H and O–H groups in total. The highest BCUT2D eigenvalue weighted by Gasteiger charge is 1.89. The largest absolute Gasteiger partial charge is 0.399 e. The van der Waals surface area contributed by atoms with Crippen molar-refractivity contribution in [3.63, 3.8) is 0 Å². The molecule has 0 aliphatic carbocycles. The normalized spacial score (nSPS) is 10.9. The first-order valence-electron chi connectivity index (χ1n) is 4.23. The first kappa shape index (κ1) is 8.50. The van der Waals surface area contributed by atoms with E-state index >= 15 is 0 Å². The highest BCUT2D eigenvalue weighted by molar-refractivity contribution is 5.68. The summed E-state index contributed by atoms with van der Waals surface area (Å²) in [5.41, 5.74) is 7.44. The molecule has 0 unspecified atom stereocenters. The minimum atomic E-state index is 0.729. The van der Waals surface area contributed by atoms with Gasteiger partial charge in [-0.05, 0) is 23.8 Å². The Morgan fingerprint density at radius 1 is 1.29 bits per heavy atom. The molecule has 0 atom stereocenters. The Hall–Kier alpha value is -2.10. The number of rotatable bonds is 2. The molecule has 70 valence electrons. The Labute approximate surface area is 81.5 Å². The molecular weight excluding hydrogens is 176 g/mol. The lowest BCUT2D eigenvalue weighted by Gasteiger charge is -1.94. The van der Waals surface area contributed by atoms with E-state index in [2.05, 4.69) is 15.2 Å². The van der Waals surface area contributed by atoms with Crippen molar-refractivity contribution in [2.24, 2.45) is 0 Å². The van der Waals surface area contributed by atoms with E-state index in [1.807, 2.05) is 36.4 Å². The molecule has 0 spiro atoms. The van der Waals surface area contributed by atoms with Crippen molar-refractivity contribution in [2.45, 2.75) is 0 Å². The van der Waals surface area contributed by atoms with Gasteiger partial charge in [0.1, 0.15) is 12.2 Å². The summed E-state index contributed by atoms with van der Waals surface area (Å²) >= 11 is 0. The van der Waals surface area contributed by atoms with Crippen LogP contribution in [0.2, 0.25) is 0 Å². The van der Waals surface area contributed by atoms with Crippen molar-refractivity contribution in [1.29, 1.82) is 0 Å². The number of anilines is 1. The fraction of sp³-hybridized carbons (Fsp3) is 0. The monoisotopic (exact) mass is 186 g/mol. The topological polar surface area (TPSA) is 67.6 Å². The lowest BCUT2D eigenvalue weighted by Crippen LogP contribution is -1.83. The first-order chi connectivity index (χ1) is 6.84. The van der Waals surface area contributed by atoms with Crippen LogP contribution in [0, 0.1) is 0 Å². The standard InChI is InChI=1S/C10H10N4/c11-9-3-1-2-8(6-9)4-5-10-12-7-13-14-10/h1-7H,11H2,(H,12,13,14)/b5-4+. The van der Waals surface area contributed by atoms with Crippen LogP contribution in [0.25, 0.3) is 12.2 Å². The third kappa shape index (κ3) is 1.98. The lowest BCUT2D eigenvalue weighted by molar-refractivity contribution is 1.08. The van der Waals surface area contributed by atoms with E-state index in [1.165, 1.54) is 6.33 Å². The van der Waals surface area contributed by atoms with Crippen molar-refractivity contribution >= 4 is 17.8 Å². The van der Waals surface area contributed by atoms with E-state index in [4.69, 9.17) is 5.73 Å². The lowest BCUT2D eigenvalue weighted by atomic mass is 10.2. The molecule has 0 saturated heterocycles. The molecule has 0 saturated carbocycles. The van der Waals surface area contributed by atoms with E-state index in [1.54, 1.807) is 0 Å². The van der Waals surface area contributed by atoms with Crippen LogP contribution < -0.4 is 5.73 Å². The van der Waals surface area contributed by atoms with E-state index in [9.17, 15) is 0 Å². The Kier molecular flexibility index (Phi) is 2.27. The summed E-state index contributed by atoms with van der Waals surface area (Å²) in [6.45, 7) is 0. The van der Waals surface area contributed by atoms with Crippen LogP contribution in [-0.2, 0) is 0 Å². The number of aromatic amines is 1. The summed E-state index contributed by atoms with van der Waals surface area (Å²) in [6, 6.07) is 7.64. The van der Waals surface area contributed by atoms with Crippen LogP contribution in [-0.4, -0.2) is 15.2 Å². The van der Waals surface area contributed by atoms with Crippen molar-refractivity contribution in [3.8, 4) is 0 Å². The Bertz CT molecular complexity index is 431. The highest BCUT2D eigenvalue weighted by Crippen LogP contribution is 2.09. The van der Waals surface area contributed by atoms with E-state index in [0.29, 0.717) is 0 Å². The zero-order valence-electron chi connectivity index (χ0n) is 7.51. The van der Waals surface area contributed by atoms with Crippen LogP contribution in [0.3, 0.4) is 0 Å². The highest BCUT2D eigenvalue weighted by atomic mass is 15.2. The molecule has 1 aromatic carbocycles. The van der Waals surface area contributed by atoms with E-state index in [-0.39, 0.29) is 0 Å². The minimum absolute atomic E-state index is 0.729. The zero-order chi connectivity index (χ0) is 9.80. The van der Waals surface area contributed by atoms with Gasteiger partial charge < -0.3 is 5.73 Å². The molecule has 0 radical (unpaired) electrons. The Balaban J connectivity index is 2.18. The number of hydrogen-bond donors (Lipinski definition) is 2. The van der Waals surface area contributed by atoms with Gasteiger partial charge in [0.05, 0.1) is 0 Å². The Morgan fingerprint density at radius 3 is 2.93 bits per heavy atom. The van der Waals surface area contributed by atoms with Crippen LogP contribution >= 0.6 is 0 Å². The molecule has 0 fully saturated rings. The summed E-state index contributed by atoms with van der Waals surface area (Å²) < 4.78 is 0. The van der Waals surface area contributed by atoms with E-state index < -0.39 is 0 Å². The molecule has 2 rings (SSSR count). The van der Waals surface area contributed by atoms with E-state index in [0.717, 1.165) is 17.1 Å². The smallest absolute Gasteiger partial charge is 0.148 e. The quantitative estimate of drug-likeness (QED) is 0.699. The molecule has 0 amide bonds. The van der Waals surface area contributed by atoms with Gasteiger partial charge in [0, 0.05) is 5.69 Å². The number of benzene rings is 1. The predicted octanol–water partition coefficient (Wildman–Crippen LogP) is 1.56. The summed E-state index contributed by atoms with van der Waals surface area (Å²) in [7, 11) is 0. The number of nitrogens with one attached hydrogen (secondary N) is 1. The average molecular weight is 186 g/mol. The summed E-state index contributed by atoms with van der Waals surface area (Å²) in [5.74, 6) is 0.729. The fourth-order valence-electron chi connectivity index (χ4n) is 1.13. The summed E-state index contributed by atoms with van der Waals surface area (Å²) in [4.78, 5) is 3.97. The van der Waals surface area contributed by atoms with Gasteiger partial charge in [-0.2, -0.15) is 5.10 Å². The van der Waals surface area contributed by atoms with Crippen LogP contribution in [0.4, 0.5) is 5.69 Å². The molecule has 1 aromatic heterocycles. The van der Waals surface area contributed by atoms with Gasteiger partial charge in [0.2, 0.25) is 0 Å². The van der Waals surface area contributed by atoms with Gasteiger partial charge in [-0.25, -0.2) is 4.98 Å². The number of aromatic nitrogens is 3. The van der Waals surface area contributed by atoms with Gasteiger partial charge in [-0.15, -0.1) is 0 Å². The number of hydrogen-bond acceptors (Lipinski definition) is 3. The third-order valence-electron chi connectivity index (χ3n) is 1.78. The van der Waals surface area contributed by atoms with Gasteiger partial charge in [-0.1, -0.05) is 18.2 Å².